The topological polar surface area (TPSA) is 47.6 Å². The summed E-state index contributed by atoms with van der Waals surface area (Å²) < 4.78 is 0. The predicted molar refractivity (Wildman–Crippen MR) is 55.2 cm³/mol. The van der Waals surface area contributed by atoms with Crippen LogP contribution in [0.5, 0.6) is 0 Å². The van der Waals surface area contributed by atoms with Crippen LogP contribution >= 0.6 is 0 Å². The third-order valence-corrected chi connectivity index (χ3v) is 2.85. The van der Waals surface area contributed by atoms with E-state index < -0.39 is 0 Å². The number of rotatable bonds is 1. The van der Waals surface area contributed by atoms with Gasteiger partial charge in [-0.1, -0.05) is 30.3 Å². The van der Waals surface area contributed by atoms with Gasteiger partial charge < -0.3 is 5.41 Å². The van der Waals surface area contributed by atoms with E-state index in [9.17, 15) is 0 Å². The zero-order valence-electron chi connectivity index (χ0n) is 7.90. The van der Waals surface area contributed by atoms with Gasteiger partial charge in [-0.15, -0.1) is 0 Å². The third-order valence-electron chi connectivity index (χ3n) is 2.85. The second kappa shape index (κ2) is 3.63. The van der Waals surface area contributed by atoms with Crippen molar-refractivity contribution < 1.29 is 0 Å². The number of nitrogens with one attached hydrogen (secondary N) is 1. The zero-order valence-corrected chi connectivity index (χ0v) is 7.90. The van der Waals surface area contributed by atoms with Crippen LogP contribution in [0, 0.1) is 22.7 Å². The molecule has 0 radical (unpaired) electrons. The molecular weight excluding hydrogens is 172 g/mol. The number of nitrogens with zero attached hydrogens (tertiary/aromatic N) is 1. The van der Waals surface area contributed by atoms with E-state index in [2.05, 4.69) is 6.07 Å². The van der Waals surface area contributed by atoms with Gasteiger partial charge in [-0.2, -0.15) is 5.26 Å². The van der Waals surface area contributed by atoms with E-state index in [0.29, 0.717) is 5.71 Å². The van der Waals surface area contributed by atoms with E-state index in [4.69, 9.17) is 10.7 Å². The second-order valence-electron chi connectivity index (χ2n) is 3.68. The lowest BCUT2D eigenvalue weighted by Crippen LogP contribution is -2.10. The quantitative estimate of drug-likeness (QED) is 0.716. The molecule has 0 aromatic heterocycles. The van der Waals surface area contributed by atoms with Crippen LogP contribution in [0.3, 0.4) is 0 Å². The van der Waals surface area contributed by atoms with Crippen LogP contribution in [0.15, 0.2) is 30.3 Å². The summed E-state index contributed by atoms with van der Waals surface area (Å²) in [6, 6.07) is 12.2. The smallest absolute Gasteiger partial charge is 0.0845 e. The minimum atomic E-state index is -0.153. The van der Waals surface area contributed by atoms with Crippen molar-refractivity contribution in [3.63, 3.8) is 0 Å². The first-order valence-electron chi connectivity index (χ1n) is 4.86. The minimum Gasteiger partial charge on any atom is -0.308 e. The molecule has 1 saturated carbocycles. The maximum Gasteiger partial charge on any atom is 0.0845 e. The first-order chi connectivity index (χ1) is 6.83. The Morgan fingerprint density at radius 2 is 1.93 bits per heavy atom. The SMILES string of the molecule is N#CC1CCC(c2ccccc2)C1=N. The largest absolute Gasteiger partial charge is 0.308 e. The molecule has 2 atom stereocenters. The Morgan fingerprint density at radius 3 is 2.50 bits per heavy atom. The Hall–Kier alpha value is -1.62. The molecule has 1 aromatic carbocycles. The molecule has 0 spiro atoms. The fraction of sp³-hybridized carbons (Fsp3) is 0.333. The van der Waals surface area contributed by atoms with Crippen molar-refractivity contribution in [3.8, 4) is 6.07 Å². The van der Waals surface area contributed by atoms with Gasteiger partial charge >= 0.3 is 0 Å². The lowest BCUT2D eigenvalue weighted by molar-refractivity contribution is 0.757. The summed E-state index contributed by atoms with van der Waals surface area (Å²) in [5.41, 5.74) is 1.77. The average Bonchev–Trinajstić information content (AvgIpc) is 2.61. The molecule has 1 aliphatic rings. The van der Waals surface area contributed by atoms with Crippen LogP contribution in [0.2, 0.25) is 0 Å². The molecule has 0 aliphatic heterocycles. The van der Waals surface area contributed by atoms with E-state index in [0.717, 1.165) is 12.8 Å². The molecule has 2 unspecified atom stereocenters. The molecule has 1 aliphatic carbocycles. The molecule has 2 rings (SSSR count). The molecule has 2 heteroatoms. The van der Waals surface area contributed by atoms with Gasteiger partial charge in [0, 0.05) is 11.6 Å². The van der Waals surface area contributed by atoms with Gasteiger partial charge in [0.25, 0.3) is 0 Å². The molecule has 70 valence electrons. The molecule has 2 nitrogen and oxygen atoms in total. The maximum atomic E-state index is 8.81. The highest BCUT2D eigenvalue weighted by molar-refractivity contribution is 5.94. The summed E-state index contributed by atoms with van der Waals surface area (Å²) in [5.74, 6) is 0.0288. The monoisotopic (exact) mass is 184 g/mol. The summed E-state index contributed by atoms with van der Waals surface area (Å²) >= 11 is 0. The Kier molecular flexibility index (Phi) is 2.32. The van der Waals surface area contributed by atoms with Crippen molar-refractivity contribution >= 4 is 5.71 Å². The maximum absolute atomic E-state index is 8.81. The highest BCUT2D eigenvalue weighted by Gasteiger charge is 2.31. The van der Waals surface area contributed by atoms with Gasteiger partial charge in [0.05, 0.1) is 12.0 Å². The molecular formula is C12H12N2. The molecule has 1 N–H and O–H groups in total. The van der Waals surface area contributed by atoms with Crippen molar-refractivity contribution in [2.75, 3.05) is 0 Å². The van der Waals surface area contributed by atoms with Gasteiger partial charge in [0.1, 0.15) is 0 Å². The summed E-state index contributed by atoms with van der Waals surface area (Å²) in [5, 5.41) is 16.7. The summed E-state index contributed by atoms with van der Waals surface area (Å²) in [6.07, 6.45) is 1.79. The summed E-state index contributed by atoms with van der Waals surface area (Å²) in [7, 11) is 0. The van der Waals surface area contributed by atoms with Crippen LogP contribution < -0.4 is 0 Å². The standard InChI is InChI=1S/C12H12N2/c13-8-10-6-7-11(12(10)14)9-4-2-1-3-5-9/h1-5,10-11,14H,6-7H2. The van der Waals surface area contributed by atoms with E-state index in [1.807, 2.05) is 30.3 Å². The molecule has 14 heavy (non-hydrogen) atoms. The van der Waals surface area contributed by atoms with Crippen molar-refractivity contribution in [1.82, 2.24) is 0 Å². The fourth-order valence-electron chi connectivity index (χ4n) is 2.05. The number of benzene rings is 1. The molecule has 0 heterocycles. The highest BCUT2D eigenvalue weighted by atomic mass is 14.5. The van der Waals surface area contributed by atoms with Gasteiger partial charge in [-0.25, -0.2) is 0 Å². The lowest BCUT2D eigenvalue weighted by atomic mass is 9.95. The molecule has 1 aromatic rings. The normalized spacial score (nSPS) is 26.1. The van der Waals surface area contributed by atoms with Crippen LogP contribution in [0.1, 0.15) is 24.3 Å². The zero-order chi connectivity index (χ0) is 9.97. The fourth-order valence-corrected chi connectivity index (χ4v) is 2.05. The Morgan fingerprint density at radius 1 is 1.21 bits per heavy atom. The first kappa shape index (κ1) is 8.96. The Bertz CT molecular complexity index is 375. The minimum absolute atomic E-state index is 0.153. The molecule has 0 bridgehead atoms. The van der Waals surface area contributed by atoms with Crippen molar-refractivity contribution in [1.29, 1.82) is 10.7 Å². The van der Waals surface area contributed by atoms with Crippen LogP contribution in [0.4, 0.5) is 0 Å². The number of nitriles is 1. The lowest BCUT2D eigenvalue weighted by Gasteiger charge is -2.09. The van der Waals surface area contributed by atoms with Crippen LogP contribution in [-0.4, -0.2) is 5.71 Å². The second-order valence-corrected chi connectivity index (χ2v) is 3.68. The molecule has 0 amide bonds. The third kappa shape index (κ3) is 1.42. The van der Waals surface area contributed by atoms with Crippen molar-refractivity contribution in [2.24, 2.45) is 5.92 Å². The van der Waals surface area contributed by atoms with Gasteiger partial charge in [0.2, 0.25) is 0 Å². The van der Waals surface area contributed by atoms with Crippen molar-refractivity contribution in [3.05, 3.63) is 35.9 Å². The highest BCUT2D eigenvalue weighted by Crippen LogP contribution is 2.34. The van der Waals surface area contributed by atoms with Gasteiger partial charge in [0.15, 0.2) is 0 Å². The van der Waals surface area contributed by atoms with E-state index in [-0.39, 0.29) is 11.8 Å². The van der Waals surface area contributed by atoms with Crippen LogP contribution in [0.25, 0.3) is 0 Å². The average molecular weight is 184 g/mol. The van der Waals surface area contributed by atoms with Gasteiger partial charge in [-0.05, 0) is 18.4 Å². The van der Waals surface area contributed by atoms with E-state index in [1.165, 1.54) is 5.56 Å². The predicted octanol–water partition coefficient (Wildman–Crippen LogP) is 2.72. The number of hydrogen-bond donors (Lipinski definition) is 1. The molecule has 1 fully saturated rings. The number of hydrogen-bond acceptors (Lipinski definition) is 2. The van der Waals surface area contributed by atoms with Gasteiger partial charge in [-0.3, -0.25) is 0 Å². The van der Waals surface area contributed by atoms with Crippen molar-refractivity contribution in [2.45, 2.75) is 18.8 Å². The summed E-state index contributed by atoms with van der Waals surface area (Å²) in [4.78, 5) is 0. The van der Waals surface area contributed by atoms with Crippen LogP contribution in [-0.2, 0) is 0 Å². The molecule has 0 saturated heterocycles. The first-order valence-corrected chi connectivity index (χ1v) is 4.86. The Balaban J connectivity index is 2.24. The Labute approximate surface area is 83.7 Å². The summed E-state index contributed by atoms with van der Waals surface area (Å²) in [6.45, 7) is 0. The van der Waals surface area contributed by atoms with E-state index in [1.54, 1.807) is 0 Å². The van der Waals surface area contributed by atoms with E-state index >= 15 is 0 Å².